The van der Waals surface area contributed by atoms with Gasteiger partial charge in [0.2, 0.25) is 0 Å². The molecular formula is C13H15ClN2O4. The molecule has 1 aliphatic carbocycles. The number of benzene rings is 1. The van der Waals surface area contributed by atoms with Gasteiger partial charge in [-0.1, -0.05) is 24.4 Å². The lowest BCUT2D eigenvalue weighted by Gasteiger charge is -2.22. The predicted octanol–water partition coefficient (Wildman–Crippen LogP) is 2.28. The third-order valence-electron chi connectivity index (χ3n) is 3.51. The molecule has 2 rings (SSSR count). The molecule has 108 valence electrons. The van der Waals surface area contributed by atoms with Gasteiger partial charge in [0.15, 0.2) is 0 Å². The van der Waals surface area contributed by atoms with Gasteiger partial charge in [-0.3, -0.25) is 14.9 Å². The molecule has 2 N–H and O–H groups in total. The van der Waals surface area contributed by atoms with Crippen LogP contribution in [0.1, 0.15) is 36.0 Å². The van der Waals surface area contributed by atoms with E-state index in [9.17, 15) is 20.0 Å². The molecule has 1 saturated carbocycles. The number of hydrogen-bond acceptors (Lipinski definition) is 4. The summed E-state index contributed by atoms with van der Waals surface area (Å²) < 4.78 is 0. The quantitative estimate of drug-likeness (QED) is 0.659. The second-order valence-corrected chi connectivity index (χ2v) is 5.47. The number of nitrogens with one attached hydrogen (secondary N) is 1. The third kappa shape index (κ3) is 3.26. The summed E-state index contributed by atoms with van der Waals surface area (Å²) in [6.45, 7) is 0.103. The van der Waals surface area contributed by atoms with Gasteiger partial charge in [-0.25, -0.2) is 0 Å². The Hall–Kier alpha value is -1.66. The zero-order chi connectivity index (χ0) is 14.8. The maximum absolute atomic E-state index is 12.0. The van der Waals surface area contributed by atoms with E-state index in [4.69, 9.17) is 11.6 Å². The van der Waals surface area contributed by atoms with Crippen molar-refractivity contribution in [1.29, 1.82) is 0 Å². The molecule has 0 heterocycles. The zero-order valence-electron chi connectivity index (χ0n) is 10.8. The molecule has 7 heteroatoms. The summed E-state index contributed by atoms with van der Waals surface area (Å²) in [7, 11) is 0. The first kappa shape index (κ1) is 14.7. The lowest BCUT2D eigenvalue weighted by atomic mass is 10.0. The fraction of sp³-hybridized carbons (Fsp3) is 0.462. The van der Waals surface area contributed by atoms with Crippen molar-refractivity contribution in [3.05, 3.63) is 38.9 Å². The molecule has 1 aromatic rings. The summed E-state index contributed by atoms with van der Waals surface area (Å²) in [4.78, 5) is 22.3. The van der Waals surface area contributed by atoms with Crippen LogP contribution < -0.4 is 5.32 Å². The van der Waals surface area contributed by atoms with Gasteiger partial charge in [0.25, 0.3) is 11.6 Å². The van der Waals surface area contributed by atoms with E-state index >= 15 is 0 Å². The van der Waals surface area contributed by atoms with Gasteiger partial charge in [0, 0.05) is 17.6 Å². The fourth-order valence-electron chi connectivity index (χ4n) is 2.40. The first-order valence-corrected chi connectivity index (χ1v) is 6.74. The third-order valence-corrected chi connectivity index (χ3v) is 3.75. The van der Waals surface area contributed by atoms with E-state index in [1.807, 2.05) is 0 Å². The summed E-state index contributed by atoms with van der Waals surface area (Å²) in [6.07, 6.45) is 3.12. The van der Waals surface area contributed by atoms with E-state index < -0.39 is 16.4 Å². The largest absolute Gasteiger partial charge is 0.388 e. The summed E-state index contributed by atoms with van der Waals surface area (Å²) >= 11 is 5.69. The molecule has 0 aliphatic heterocycles. The average molecular weight is 299 g/mol. The molecule has 0 radical (unpaired) electrons. The minimum atomic E-state index is -0.892. The molecule has 0 saturated heterocycles. The van der Waals surface area contributed by atoms with Crippen molar-refractivity contribution in [3.8, 4) is 0 Å². The maximum atomic E-state index is 12.0. The fourth-order valence-corrected chi connectivity index (χ4v) is 2.56. The average Bonchev–Trinajstić information content (AvgIpc) is 2.83. The first-order valence-electron chi connectivity index (χ1n) is 6.36. The highest BCUT2D eigenvalue weighted by Gasteiger charge is 2.32. The van der Waals surface area contributed by atoms with Gasteiger partial charge >= 0.3 is 0 Å². The normalized spacial score (nSPS) is 16.9. The monoisotopic (exact) mass is 298 g/mol. The highest BCUT2D eigenvalue weighted by molar-refractivity contribution is 6.31. The number of rotatable bonds is 4. The van der Waals surface area contributed by atoms with E-state index in [1.54, 1.807) is 0 Å². The molecule has 0 aromatic heterocycles. The summed E-state index contributed by atoms with van der Waals surface area (Å²) in [5, 5.41) is 23.8. The van der Waals surface area contributed by atoms with Crippen molar-refractivity contribution in [1.82, 2.24) is 5.32 Å². The molecule has 1 aromatic carbocycles. The molecule has 0 atom stereocenters. The number of carbonyl (C=O) groups excluding carboxylic acids is 1. The Morgan fingerprint density at radius 3 is 2.70 bits per heavy atom. The van der Waals surface area contributed by atoms with Crippen molar-refractivity contribution >= 4 is 23.2 Å². The number of hydrogen-bond donors (Lipinski definition) is 2. The Morgan fingerprint density at radius 2 is 2.10 bits per heavy atom. The molecule has 0 spiro atoms. The Morgan fingerprint density at radius 1 is 1.45 bits per heavy atom. The number of aliphatic hydroxyl groups is 1. The molecule has 1 amide bonds. The van der Waals surface area contributed by atoms with E-state index in [2.05, 4.69) is 5.32 Å². The smallest absolute Gasteiger partial charge is 0.283 e. The predicted molar refractivity (Wildman–Crippen MR) is 73.9 cm³/mol. The second kappa shape index (κ2) is 5.76. The topological polar surface area (TPSA) is 92.5 Å². The Kier molecular flexibility index (Phi) is 4.25. The van der Waals surface area contributed by atoms with Crippen LogP contribution in [0.2, 0.25) is 5.02 Å². The van der Waals surface area contributed by atoms with Crippen LogP contribution in [0.3, 0.4) is 0 Å². The van der Waals surface area contributed by atoms with Gasteiger partial charge in [-0.15, -0.1) is 0 Å². The standard InChI is InChI=1S/C13H15ClN2O4/c14-9-3-4-10(11(7-9)16(19)20)12(17)15-8-13(18)5-1-2-6-13/h3-4,7,18H,1-2,5-6,8H2,(H,15,17). The van der Waals surface area contributed by atoms with Crippen LogP contribution in [0, 0.1) is 10.1 Å². The lowest BCUT2D eigenvalue weighted by Crippen LogP contribution is -2.40. The van der Waals surface area contributed by atoms with Crippen LogP contribution in [0.25, 0.3) is 0 Å². The number of nitro groups is 1. The molecule has 1 aliphatic rings. The van der Waals surface area contributed by atoms with Crippen LogP contribution in [0.4, 0.5) is 5.69 Å². The van der Waals surface area contributed by atoms with E-state index in [0.717, 1.165) is 18.9 Å². The van der Waals surface area contributed by atoms with Gasteiger partial charge in [0.1, 0.15) is 5.56 Å². The number of carbonyl (C=O) groups is 1. The summed E-state index contributed by atoms with van der Waals surface area (Å²) in [5.74, 6) is -0.575. The van der Waals surface area contributed by atoms with E-state index in [1.165, 1.54) is 12.1 Å². The van der Waals surface area contributed by atoms with Crippen molar-refractivity contribution in [3.63, 3.8) is 0 Å². The van der Waals surface area contributed by atoms with Crippen molar-refractivity contribution < 1.29 is 14.8 Å². The highest BCUT2D eigenvalue weighted by atomic mass is 35.5. The van der Waals surface area contributed by atoms with E-state index in [-0.39, 0.29) is 22.8 Å². The Bertz CT molecular complexity index is 541. The molecule has 1 fully saturated rings. The number of halogens is 1. The van der Waals surface area contributed by atoms with Gasteiger partial charge in [0.05, 0.1) is 10.5 Å². The SMILES string of the molecule is O=C(NCC1(O)CCCC1)c1ccc(Cl)cc1[N+](=O)[O-]. The maximum Gasteiger partial charge on any atom is 0.283 e. The first-order chi connectivity index (χ1) is 9.41. The molecule has 20 heavy (non-hydrogen) atoms. The second-order valence-electron chi connectivity index (χ2n) is 5.03. The van der Waals surface area contributed by atoms with Crippen molar-refractivity contribution in [2.45, 2.75) is 31.3 Å². The molecular weight excluding hydrogens is 284 g/mol. The van der Waals surface area contributed by atoms with Crippen molar-refractivity contribution in [2.24, 2.45) is 0 Å². The summed E-state index contributed by atoms with van der Waals surface area (Å²) in [6, 6.07) is 3.88. The summed E-state index contributed by atoms with van der Waals surface area (Å²) in [5.41, 5.74) is -1.29. The molecule has 0 bridgehead atoms. The van der Waals surface area contributed by atoms with Gasteiger partial charge < -0.3 is 10.4 Å². The van der Waals surface area contributed by atoms with Gasteiger partial charge in [-0.2, -0.15) is 0 Å². The molecule has 0 unspecified atom stereocenters. The minimum absolute atomic E-state index is 0.0546. The highest BCUT2D eigenvalue weighted by Crippen LogP contribution is 2.29. The lowest BCUT2D eigenvalue weighted by molar-refractivity contribution is -0.385. The molecule has 6 nitrogen and oxygen atoms in total. The van der Waals surface area contributed by atoms with Crippen molar-refractivity contribution in [2.75, 3.05) is 6.54 Å². The number of nitrogens with zero attached hydrogens (tertiary/aromatic N) is 1. The van der Waals surface area contributed by atoms with Crippen LogP contribution in [0.5, 0.6) is 0 Å². The van der Waals surface area contributed by atoms with Crippen LogP contribution in [0.15, 0.2) is 18.2 Å². The Labute approximate surface area is 120 Å². The van der Waals surface area contributed by atoms with Crippen LogP contribution >= 0.6 is 11.6 Å². The van der Waals surface area contributed by atoms with E-state index in [0.29, 0.717) is 12.8 Å². The Balaban J connectivity index is 2.11. The van der Waals surface area contributed by atoms with Crippen LogP contribution in [-0.4, -0.2) is 28.1 Å². The van der Waals surface area contributed by atoms with Crippen LogP contribution in [-0.2, 0) is 0 Å². The zero-order valence-corrected chi connectivity index (χ0v) is 11.5. The minimum Gasteiger partial charge on any atom is -0.388 e. The van der Waals surface area contributed by atoms with Gasteiger partial charge in [-0.05, 0) is 25.0 Å². The number of nitro benzene ring substituents is 1. The number of amides is 1.